The van der Waals surface area contributed by atoms with E-state index in [1.807, 2.05) is 19.1 Å². The molecular formula is C23H25N3O4S. The van der Waals surface area contributed by atoms with Gasteiger partial charge >= 0.3 is 0 Å². The van der Waals surface area contributed by atoms with Gasteiger partial charge in [0.15, 0.2) is 5.11 Å². The lowest BCUT2D eigenvalue weighted by Crippen LogP contribution is -2.32. The minimum atomic E-state index is -0.232. The number of hydrogen-bond acceptors (Lipinski definition) is 5. The fraction of sp³-hybridized carbons (Fsp3) is 0.261. The van der Waals surface area contributed by atoms with E-state index in [0.29, 0.717) is 54.0 Å². The molecule has 3 rings (SSSR count). The number of anilines is 1. The first-order valence-corrected chi connectivity index (χ1v) is 10.4. The number of thiocarbonyl (C=S) groups is 1. The van der Waals surface area contributed by atoms with Crippen LogP contribution in [0.4, 0.5) is 5.69 Å². The second-order valence-electron chi connectivity index (χ2n) is 6.80. The van der Waals surface area contributed by atoms with Crippen LogP contribution in [0.5, 0.6) is 5.75 Å². The van der Waals surface area contributed by atoms with Crippen molar-refractivity contribution in [1.82, 2.24) is 10.2 Å². The summed E-state index contributed by atoms with van der Waals surface area (Å²) in [6, 6.07) is 14.1. The Labute approximate surface area is 187 Å². The summed E-state index contributed by atoms with van der Waals surface area (Å²) in [5, 5.41) is 6.22. The molecule has 1 fully saturated rings. The lowest BCUT2D eigenvalue weighted by molar-refractivity contribution is -0.122. The number of carbonyl (C=O) groups is 2. The first-order chi connectivity index (χ1) is 15.0. The number of amides is 2. The molecule has 1 heterocycles. The SMILES string of the molecule is CCOCCCN1C(=O)/C(=C\c2cccc(NC(=O)c3ccc(OC)cc3)c2)NC1=S. The van der Waals surface area contributed by atoms with Gasteiger partial charge < -0.3 is 20.1 Å². The monoisotopic (exact) mass is 439 g/mol. The van der Waals surface area contributed by atoms with Crippen LogP contribution in [0, 0.1) is 0 Å². The highest BCUT2D eigenvalue weighted by Gasteiger charge is 2.29. The topological polar surface area (TPSA) is 79.9 Å². The standard InChI is InChI=1S/C23H25N3O4S/c1-3-30-13-5-12-26-22(28)20(25-23(26)31)15-16-6-4-7-18(14-16)24-21(27)17-8-10-19(29-2)11-9-17/h4,6-11,14-15H,3,5,12-13H2,1-2H3,(H,24,27)(H,25,31)/b20-15+. The summed E-state index contributed by atoms with van der Waals surface area (Å²) in [6.07, 6.45) is 2.43. The molecule has 0 unspecified atom stereocenters. The average Bonchev–Trinajstić information content (AvgIpc) is 3.04. The highest BCUT2D eigenvalue weighted by atomic mass is 32.1. The Bertz CT molecular complexity index is 989. The molecule has 0 aromatic heterocycles. The minimum Gasteiger partial charge on any atom is -0.497 e. The molecule has 1 aliphatic heterocycles. The number of rotatable bonds is 9. The molecule has 0 aliphatic carbocycles. The Morgan fingerprint density at radius 2 is 2.00 bits per heavy atom. The van der Waals surface area contributed by atoms with Crippen LogP contribution in [-0.2, 0) is 9.53 Å². The number of benzene rings is 2. The van der Waals surface area contributed by atoms with Gasteiger partial charge in [0, 0.05) is 31.0 Å². The summed E-state index contributed by atoms with van der Waals surface area (Å²) in [7, 11) is 1.58. The maximum atomic E-state index is 12.7. The van der Waals surface area contributed by atoms with Crippen LogP contribution in [-0.4, -0.2) is 48.7 Å². The average molecular weight is 440 g/mol. The Morgan fingerprint density at radius 3 is 2.71 bits per heavy atom. The summed E-state index contributed by atoms with van der Waals surface area (Å²) >= 11 is 5.29. The van der Waals surface area contributed by atoms with Crippen molar-refractivity contribution in [3.05, 3.63) is 65.4 Å². The van der Waals surface area contributed by atoms with E-state index >= 15 is 0 Å². The zero-order chi connectivity index (χ0) is 22.2. The van der Waals surface area contributed by atoms with Crippen LogP contribution >= 0.6 is 12.2 Å². The molecule has 162 valence electrons. The summed E-state index contributed by atoms with van der Waals surface area (Å²) in [5.41, 5.74) is 2.31. The molecular weight excluding hydrogens is 414 g/mol. The van der Waals surface area contributed by atoms with E-state index in [1.54, 1.807) is 49.6 Å². The molecule has 2 N–H and O–H groups in total. The van der Waals surface area contributed by atoms with E-state index in [0.717, 1.165) is 5.56 Å². The molecule has 0 atom stereocenters. The fourth-order valence-corrected chi connectivity index (χ4v) is 3.35. The quantitative estimate of drug-likeness (QED) is 0.354. The molecule has 1 saturated heterocycles. The van der Waals surface area contributed by atoms with Gasteiger partial charge in [-0.15, -0.1) is 0 Å². The van der Waals surface area contributed by atoms with Crippen LogP contribution in [0.15, 0.2) is 54.2 Å². The van der Waals surface area contributed by atoms with Crippen molar-refractivity contribution in [1.29, 1.82) is 0 Å². The van der Waals surface area contributed by atoms with Gasteiger partial charge in [-0.25, -0.2) is 0 Å². The zero-order valence-corrected chi connectivity index (χ0v) is 18.3. The maximum absolute atomic E-state index is 12.7. The largest absolute Gasteiger partial charge is 0.497 e. The molecule has 2 amide bonds. The molecule has 31 heavy (non-hydrogen) atoms. The third-order valence-corrected chi connectivity index (χ3v) is 4.97. The van der Waals surface area contributed by atoms with E-state index in [2.05, 4.69) is 10.6 Å². The Morgan fingerprint density at radius 1 is 1.23 bits per heavy atom. The van der Waals surface area contributed by atoms with Gasteiger partial charge in [0.25, 0.3) is 11.8 Å². The predicted molar refractivity (Wildman–Crippen MR) is 124 cm³/mol. The van der Waals surface area contributed by atoms with Gasteiger partial charge in [-0.3, -0.25) is 14.5 Å². The smallest absolute Gasteiger partial charge is 0.276 e. The van der Waals surface area contributed by atoms with Crippen LogP contribution in [0.25, 0.3) is 6.08 Å². The Hall–Kier alpha value is -3.23. The normalized spacial score (nSPS) is 14.6. The summed E-state index contributed by atoms with van der Waals surface area (Å²) in [4.78, 5) is 26.7. The number of methoxy groups -OCH3 is 1. The summed E-state index contributed by atoms with van der Waals surface area (Å²) < 4.78 is 10.4. The number of hydrogen-bond donors (Lipinski definition) is 2. The van der Waals surface area contributed by atoms with E-state index in [1.165, 1.54) is 4.90 Å². The third-order valence-electron chi connectivity index (χ3n) is 4.64. The number of nitrogens with zero attached hydrogens (tertiary/aromatic N) is 1. The highest BCUT2D eigenvalue weighted by Crippen LogP contribution is 2.19. The third kappa shape index (κ3) is 5.90. The van der Waals surface area contributed by atoms with Crippen LogP contribution in [0.3, 0.4) is 0 Å². The molecule has 7 nitrogen and oxygen atoms in total. The van der Waals surface area contributed by atoms with Gasteiger partial charge in [-0.1, -0.05) is 12.1 Å². The minimum absolute atomic E-state index is 0.172. The summed E-state index contributed by atoms with van der Waals surface area (Å²) in [5.74, 6) is 0.280. The molecule has 8 heteroatoms. The van der Waals surface area contributed by atoms with Crippen LogP contribution < -0.4 is 15.4 Å². The van der Waals surface area contributed by atoms with Crippen molar-refractivity contribution in [2.75, 3.05) is 32.2 Å². The van der Waals surface area contributed by atoms with Gasteiger partial charge in [-0.05, 0) is 73.6 Å². The summed E-state index contributed by atoms with van der Waals surface area (Å²) in [6.45, 7) is 3.66. The number of ether oxygens (including phenoxy) is 2. The van der Waals surface area contributed by atoms with E-state index in [9.17, 15) is 9.59 Å². The van der Waals surface area contributed by atoms with Crippen molar-refractivity contribution in [3.8, 4) is 5.75 Å². The molecule has 0 spiro atoms. The highest BCUT2D eigenvalue weighted by molar-refractivity contribution is 7.80. The number of carbonyl (C=O) groups excluding carboxylic acids is 2. The molecule has 0 bridgehead atoms. The lowest BCUT2D eigenvalue weighted by Gasteiger charge is -2.13. The molecule has 2 aromatic carbocycles. The van der Waals surface area contributed by atoms with E-state index in [-0.39, 0.29) is 11.8 Å². The van der Waals surface area contributed by atoms with Crippen LogP contribution in [0.1, 0.15) is 29.3 Å². The molecule has 2 aromatic rings. The van der Waals surface area contributed by atoms with Crippen molar-refractivity contribution >= 4 is 40.9 Å². The van der Waals surface area contributed by atoms with Crippen molar-refractivity contribution in [2.24, 2.45) is 0 Å². The lowest BCUT2D eigenvalue weighted by atomic mass is 10.1. The number of nitrogens with one attached hydrogen (secondary N) is 2. The predicted octanol–water partition coefficient (Wildman–Crippen LogP) is 3.43. The van der Waals surface area contributed by atoms with Crippen LogP contribution in [0.2, 0.25) is 0 Å². The zero-order valence-electron chi connectivity index (χ0n) is 17.5. The molecule has 0 saturated carbocycles. The van der Waals surface area contributed by atoms with Gasteiger partial charge in [0.05, 0.1) is 7.11 Å². The van der Waals surface area contributed by atoms with E-state index < -0.39 is 0 Å². The first-order valence-electron chi connectivity index (χ1n) is 9.99. The molecule has 0 radical (unpaired) electrons. The van der Waals surface area contributed by atoms with E-state index in [4.69, 9.17) is 21.7 Å². The second kappa shape index (κ2) is 10.7. The van der Waals surface area contributed by atoms with Gasteiger partial charge in [0.1, 0.15) is 11.4 Å². The fourth-order valence-electron chi connectivity index (χ4n) is 3.06. The van der Waals surface area contributed by atoms with Crippen molar-refractivity contribution in [3.63, 3.8) is 0 Å². The van der Waals surface area contributed by atoms with Gasteiger partial charge in [-0.2, -0.15) is 0 Å². The molecule has 1 aliphatic rings. The van der Waals surface area contributed by atoms with Crippen molar-refractivity contribution in [2.45, 2.75) is 13.3 Å². The Kier molecular flexibility index (Phi) is 7.75. The van der Waals surface area contributed by atoms with Gasteiger partial charge in [0.2, 0.25) is 0 Å². The van der Waals surface area contributed by atoms with Crippen molar-refractivity contribution < 1.29 is 19.1 Å². The maximum Gasteiger partial charge on any atom is 0.276 e. The first kappa shape index (κ1) is 22.5. The second-order valence-corrected chi connectivity index (χ2v) is 7.19. The Balaban J connectivity index is 1.66.